The van der Waals surface area contributed by atoms with E-state index >= 15 is 0 Å². The first-order valence-corrected chi connectivity index (χ1v) is 9.40. The maximum Gasteiger partial charge on any atom is 0.255 e. The van der Waals surface area contributed by atoms with Gasteiger partial charge in [-0.05, 0) is 56.7 Å². The Morgan fingerprint density at radius 2 is 1.85 bits per heavy atom. The second-order valence-electron chi connectivity index (χ2n) is 6.06. The fraction of sp³-hybridized carbons (Fsp3) is 0.278. The van der Waals surface area contributed by atoms with Crippen molar-refractivity contribution in [1.82, 2.24) is 4.72 Å². The van der Waals surface area contributed by atoms with Crippen molar-refractivity contribution in [2.24, 2.45) is 0 Å². The monoisotopic (exact) mass is 380 g/mol. The van der Waals surface area contributed by atoms with Crippen molar-refractivity contribution in [2.45, 2.75) is 31.7 Å². The topological polar surface area (TPSA) is 84.5 Å². The van der Waals surface area contributed by atoms with Gasteiger partial charge in [-0.3, -0.25) is 4.79 Å². The zero-order valence-corrected chi connectivity index (χ0v) is 15.8. The first-order valence-electron chi connectivity index (χ1n) is 7.92. The lowest BCUT2D eigenvalue weighted by Gasteiger charge is -2.14. The standard InChI is InChI=1S/C18H21FN2O4S/c1-11(2)21-26(23,24)17-9-13(6-8-16(17)25-4)18(22)20-14-7-5-12(3)15(19)10-14/h5-11,21H,1-4H3,(H,20,22). The Bertz CT molecular complexity index is 927. The van der Waals surface area contributed by atoms with Crippen LogP contribution in [0.5, 0.6) is 5.75 Å². The number of benzene rings is 2. The molecule has 0 atom stereocenters. The van der Waals surface area contributed by atoms with Crippen molar-refractivity contribution in [3.05, 3.63) is 53.3 Å². The van der Waals surface area contributed by atoms with E-state index in [1.807, 2.05) is 0 Å². The number of aryl methyl sites for hydroxylation is 1. The van der Waals surface area contributed by atoms with E-state index in [0.29, 0.717) is 5.56 Å². The molecule has 2 aromatic carbocycles. The van der Waals surface area contributed by atoms with Gasteiger partial charge in [-0.25, -0.2) is 17.5 Å². The highest BCUT2D eigenvalue weighted by molar-refractivity contribution is 7.89. The first-order chi connectivity index (χ1) is 12.1. The van der Waals surface area contributed by atoms with Crippen LogP contribution in [0.2, 0.25) is 0 Å². The summed E-state index contributed by atoms with van der Waals surface area (Å²) in [5.74, 6) is -0.880. The fourth-order valence-corrected chi connectivity index (χ4v) is 3.72. The molecule has 0 aliphatic heterocycles. The average Bonchev–Trinajstić information content (AvgIpc) is 2.56. The lowest BCUT2D eigenvalue weighted by Crippen LogP contribution is -2.30. The van der Waals surface area contributed by atoms with E-state index in [2.05, 4.69) is 10.0 Å². The summed E-state index contributed by atoms with van der Waals surface area (Å²) in [5, 5.41) is 2.55. The third-order valence-electron chi connectivity index (χ3n) is 3.54. The summed E-state index contributed by atoms with van der Waals surface area (Å²) in [4.78, 5) is 12.3. The molecule has 8 heteroatoms. The Kier molecular flexibility index (Phi) is 5.99. The highest BCUT2D eigenvalue weighted by Crippen LogP contribution is 2.25. The minimum Gasteiger partial charge on any atom is -0.495 e. The number of ether oxygens (including phenoxy) is 1. The quantitative estimate of drug-likeness (QED) is 0.807. The molecule has 0 fully saturated rings. The van der Waals surface area contributed by atoms with E-state index in [1.54, 1.807) is 32.9 Å². The molecule has 0 bridgehead atoms. The Morgan fingerprint density at radius 1 is 1.15 bits per heavy atom. The van der Waals surface area contributed by atoms with Crippen LogP contribution in [0, 0.1) is 12.7 Å². The molecule has 1 amide bonds. The van der Waals surface area contributed by atoms with Gasteiger partial charge in [0.15, 0.2) is 0 Å². The van der Waals surface area contributed by atoms with E-state index in [9.17, 15) is 17.6 Å². The van der Waals surface area contributed by atoms with Crippen LogP contribution >= 0.6 is 0 Å². The lowest BCUT2D eigenvalue weighted by atomic mass is 10.2. The van der Waals surface area contributed by atoms with Gasteiger partial charge in [0.1, 0.15) is 16.5 Å². The third-order valence-corrected chi connectivity index (χ3v) is 5.22. The predicted molar refractivity (Wildman–Crippen MR) is 97.5 cm³/mol. The van der Waals surface area contributed by atoms with Gasteiger partial charge in [-0.15, -0.1) is 0 Å². The summed E-state index contributed by atoms with van der Waals surface area (Å²) < 4.78 is 46.1. The molecule has 0 radical (unpaired) electrons. The van der Waals surface area contributed by atoms with Crippen LogP contribution in [0.1, 0.15) is 29.8 Å². The number of hydrogen-bond donors (Lipinski definition) is 2. The number of rotatable bonds is 6. The number of carbonyl (C=O) groups excluding carboxylic acids is 1. The van der Waals surface area contributed by atoms with Crippen LogP contribution in [0.3, 0.4) is 0 Å². The van der Waals surface area contributed by atoms with Crippen LogP contribution in [0.4, 0.5) is 10.1 Å². The Morgan fingerprint density at radius 3 is 2.42 bits per heavy atom. The fourth-order valence-electron chi connectivity index (χ4n) is 2.28. The van der Waals surface area contributed by atoms with Crippen LogP contribution in [-0.2, 0) is 10.0 Å². The van der Waals surface area contributed by atoms with Crippen LogP contribution in [-0.4, -0.2) is 27.5 Å². The van der Waals surface area contributed by atoms with Gasteiger partial charge >= 0.3 is 0 Å². The number of hydrogen-bond acceptors (Lipinski definition) is 4. The van der Waals surface area contributed by atoms with Gasteiger partial charge in [-0.2, -0.15) is 0 Å². The highest BCUT2D eigenvalue weighted by Gasteiger charge is 2.22. The van der Waals surface area contributed by atoms with E-state index in [1.165, 1.54) is 31.4 Å². The van der Waals surface area contributed by atoms with E-state index in [4.69, 9.17) is 4.74 Å². The highest BCUT2D eigenvalue weighted by atomic mass is 32.2. The van der Waals surface area contributed by atoms with E-state index in [-0.39, 0.29) is 27.9 Å². The number of nitrogens with one attached hydrogen (secondary N) is 2. The molecule has 0 heterocycles. The molecule has 2 rings (SSSR count). The molecule has 2 aromatic rings. The summed E-state index contributed by atoms with van der Waals surface area (Å²) in [5.41, 5.74) is 0.843. The molecule has 140 valence electrons. The van der Waals surface area contributed by atoms with Crippen molar-refractivity contribution in [3.63, 3.8) is 0 Å². The molecule has 0 aliphatic carbocycles. The molecular formula is C18H21FN2O4S. The summed E-state index contributed by atoms with van der Waals surface area (Å²) in [7, 11) is -2.51. The number of anilines is 1. The van der Waals surface area contributed by atoms with Crippen molar-refractivity contribution in [1.29, 1.82) is 0 Å². The summed E-state index contributed by atoms with van der Waals surface area (Å²) in [6.45, 7) is 4.99. The van der Waals surface area contributed by atoms with Crippen molar-refractivity contribution >= 4 is 21.6 Å². The molecule has 6 nitrogen and oxygen atoms in total. The maximum absolute atomic E-state index is 13.6. The second-order valence-corrected chi connectivity index (χ2v) is 7.74. The van der Waals surface area contributed by atoms with Gasteiger partial charge in [0, 0.05) is 17.3 Å². The molecule has 0 aromatic heterocycles. The number of carbonyl (C=O) groups is 1. The molecule has 0 aliphatic rings. The Hall–Kier alpha value is -2.45. The van der Waals surface area contributed by atoms with Crippen molar-refractivity contribution in [3.8, 4) is 5.75 Å². The van der Waals surface area contributed by atoms with Gasteiger partial charge in [-0.1, -0.05) is 6.07 Å². The minimum absolute atomic E-state index is 0.107. The number of methoxy groups -OCH3 is 1. The average molecular weight is 380 g/mol. The summed E-state index contributed by atoms with van der Waals surface area (Å²) in [6.07, 6.45) is 0. The second kappa shape index (κ2) is 7.84. The Balaban J connectivity index is 2.36. The van der Waals surface area contributed by atoms with Crippen molar-refractivity contribution in [2.75, 3.05) is 12.4 Å². The van der Waals surface area contributed by atoms with Gasteiger partial charge in [0.05, 0.1) is 7.11 Å². The smallest absolute Gasteiger partial charge is 0.255 e. The predicted octanol–water partition coefficient (Wildman–Crippen LogP) is 3.08. The van der Waals surface area contributed by atoms with Crippen LogP contribution < -0.4 is 14.8 Å². The minimum atomic E-state index is -3.86. The SMILES string of the molecule is COc1ccc(C(=O)Nc2ccc(C)c(F)c2)cc1S(=O)(=O)NC(C)C. The number of sulfonamides is 1. The molecular weight excluding hydrogens is 359 g/mol. The van der Waals surface area contributed by atoms with Gasteiger partial charge < -0.3 is 10.1 Å². The molecule has 0 unspecified atom stereocenters. The molecule has 0 spiro atoms. The van der Waals surface area contributed by atoms with Crippen molar-refractivity contribution < 1.29 is 22.3 Å². The van der Waals surface area contributed by atoms with Crippen LogP contribution in [0.15, 0.2) is 41.3 Å². The van der Waals surface area contributed by atoms with Gasteiger partial charge in [0.25, 0.3) is 5.91 Å². The molecule has 2 N–H and O–H groups in total. The first kappa shape index (κ1) is 19.9. The van der Waals surface area contributed by atoms with Crippen LogP contribution in [0.25, 0.3) is 0 Å². The number of halogens is 1. The molecule has 26 heavy (non-hydrogen) atoms. The van der Waals surface area contributed by atoms with E-state index in [0.717, 1.165) is 0 Å². The van der Waals surface area contributed by atoms with Gasteiger partial charge in [0.2, 0.25) is 10.0 Å². The zero-order chi connectivity index (χ0) is 19.5. The van der Waals surface area contributed by atoms with E-state index < -0.39 is 21.7 Å². The summed E-state index contributed by atoms with van der Waals surface area (Å²) >= 11 is 0. The molecule has 0 saturated heterocycles. The lowest BCUT2D eigenvalue weighted by molar-refractivity contribution is 0.102. The largest absolute Gasteiger partial charge is 0.495 e. The summed E-state index contributed by atoms with van der Waals surface area (Å²) in [6, 6.07) is 8.06. The number of amides is 1. The molecule has 0 saturated carbocycles. The Labute approximate surface area is 152 Å². The zero-order valence-electron chi connectivity index (χ0n) is 15.0. The third kappa shape index (κ3) is 4.59. The maximum atomic E-state index is 13.6. The normalized spacial score (nSPS) is 11.5.